The highest BCUT2D eigenvalue weighted by atomic mass is 35.5. The molecule has 1 N–H and O–H groups in total. The molecule has 7 nitrogen and oxygen atoms in total. The fourth-order valence-electron chi connectivity index (χ4n) is 2.83. The number of benzene rings is 1. The predicted octanol–water partition coefficient (Wildman–Crippen LogP) is 5.09. The van der Waals surface area contributed by atoms with Gasteiger partial charge in [-0.3, -0.25) is 4.79 Å². The van der Waals surface area contributed by atoms with Gasteiger partial charge < -0.3 is 10.1 Å². The van der Waals surface area contributed by atoms with E-state index >= 15 is 0 Å². The Morgan fingerprint density at radius 1 is 1.26 bits per heavy atom. The summed E-state index contributed by atoms with van der Waals surface area (Å²) in [4.78, 5) is 21.3. The molecule has 4 aromatic rings. The third kappa shape index (κ3) is 4.06. The second-order valence-corrected chi connectivity index (χ2v) is 7.76. The number of hydrogen-bond acceptors (Lipinski definition) is 6. The first-order valence-electron chi connectivity index (χ1n) is 8.71. The molecule has 0 aliphatic heterocycles. The van der Waals surface area contributed by atoms with Gasteiger partial charge in [-0.1, -0.05) is 17.7 Å². The molecule has 0 unspecified atom stereocenters. The molecule has 31 heavy (non-hydrogen) atoms. The Bertz CT molecular complexity index is 1290. The lowest BCUT2D eigenvalue weighted by molar-refractivity contribution is -0.142. The number of rotatable bonds is 4. The highest BCUT2D eigenvalue weighted by Crippen LogP contribution is 2.34. The molecular formula is C19H13ClF3N5O2S. The molecule has 3 aromatic heterocycles. The third-order valence-corrected chi connectivity index (χ3v) is 5.61. The first-order chi connectivity index (χ1) is 14.7. The molecule has 0 atom stereocenters. The van der Waals surface area contributed by atoms with Crippen LogP contribution in [0.4, 0.5) is 18.9 Å². The molecule has 0 spiro atoms. The number of hydrogen-bond donors (Lipinski definition) is 1. The van der Waals surface area contributed by atoms with Gasteiger partial charge in [0, 0.05) is 11.1 Å². The van der Waals surface area contributed by atoms with Crippen LogP contribution >= 0.6 is 22.9 Å². The molecular weight excluding hydrogens is 455 g/mol. The van der Waals surface area contributed by atoms with Crippen LogP contribution in [0.25, 0.3) is 16.3 Å². The molecule has 1 amide bonds. The van der Waals surface area contributed by atoms with Crippen LogP contribution in [-0.4, -0.2) is 32.6 Å². The molecule has 0 saturated heterocycles. The lowest BCUT2D eigenvalue weighted by atomic mass is 10.2. The van der Waals surface area contributed by atoms with Gasteiger partial charge >= 0.3 is 6.18 Å². The van der Waals surface area contributed by atoms with Gasteiger partial charge in [0.05, 0.1) is 23.4 Å². The van der Waals surface area contributed by atoms with E-state index in [-0.39, 0.29) is 22.9 Å². The Morgan fingerprint density at radius 2 is 2.03 bits per heavy atom. The maximum Gasteiger partial charge on any atom is 0.433 e. The van der Waals surface area contributed by atoms with Crippen molar-refractivity contribution in [2.45, 2.75) is 13.1 Å². The summed E-state index contributed by atoms with van der Waals surface area (Å²) in [5.41, 5.74) is -0.0598. The minimum absolute atomic E-state index is 0.0872. The van der Waals surface area contributed by atoms with Gasteiger partial charge in [0.15, 0.2) is 5.69 Å². The van der Waals surface area contributed by atoms with Gasteiger partial charge in [0.25, 0.3) is 11.7 Å². The number of thiophene rings is 1. The van der Waals surface area contributed by atoms with E-state index in [1.54, 1.807) is 30.5 Å². The van der Waals surface area contributed by atoms with Gasteiger partial charge in [-0.2, -0.15) is 22.7 Å². The number of ether oxygens (including phenoxy) is 1. The van der Waals surface area contributed by atoms with Gasteiger partial charge in [-0.05, 0) is 36.1 Å². The third-order valence-electron chi connectivity index (χ3n) is 4.31. The van der Waals surface area contributed by atoms with Crippen LogP contribution in [0.2, 0.25) is 5.02 Å². The van der Waals surface area contributed by atoms with Crippen molar-refractivity contribution in [3.8, 4) is 16.3 Å². The summed E-state index contributed by atoms with van der Waals surface area (Å²) in [6.45, 7) is 1.73. The summed E-state index contributed by atoms with van der Waals surface area (Å²) >= 11 is 7.29. The van der Waals surface area contributed by atoms with Crippen molar-refractivity contribution >= 4 is 40.3 Å². The van der Waals surface area contributed by atoms with Crippen molar-refractivity contribution in [1.29, 1.82) is 0 Å². The topological polar surface area (TPSA) is 81.4 Å². The van der Waals surface area contributed by atoms with Crippen LogP contribution in [0.1, 0.15) is 21.9 Å². The van der Waals surface area contributed by atoms with E-state index in [4.69, 9.17) is 16.3 Å². The number of nitrogens with zero attached hydrogens (tertiary/aromatic N) is 4. The molecule has 0 aliphatic carbocycles. The minimum atomic E-state index is -4.73. The maximum atomic E-state index is 13.6. The van der Waals surface area contributed by atoms with E-state index in [1.165, 1.54) is 24.5 Å². The van der Waals surface area contributed by atoms with E-state index in [0.717, 1.165) is 6.07 Å². The van der Waals surface area contributed by atoms with Crippen LogP contribution < -0.4 is 10.1 Å². The number of halogens is 4. The number of aromatic nitrogens is 4. The second kappa shape index (κ2) is 7.82. The minimum Gasteiger partial charge on any atom is -0.495 e. The van der Waals surface area contributed by atoms with Gasteiger partial charge in [0.1, 0.15) is 5.75 Å². The van der Waals surface area contributed by atoms with Gasteiger partial charge in [0.2, 0.25) is 5.82 Å². The number of amides is 1. The fourth-order valence-corrected chi connectivity index (χ4v) is 3.67. The van der Waals surface area contributed by atoms with Crippen LogP contribution in [-0.2, 0) is 6.18 Å². The summed E-state index contributed by atoms with van der Waals surface area (Å²) in [7, 11) is 1.39. The van der Waals surface area contributed by atoms with E-state index in [9.17, 15) is 18.0 Å². The first kappa shape index (κ1) is 21.1. The van der Waals surface area contributed by atoms with Crippen molar-refractivity contribution in [2.24, 2.45) is 0 Å². The lowest BCUT2D eigenvalue weighted by Crippen LogP contribution is -2.16. The number of aryl methyl sites for hydroxylation is 1. The highest BCUT2D eigenvalue weighted by molar-refractivity contribution is 7.13. The lowest BCUT2D eigenvalue weighted by Gasteiger charge is -2.11. The average Bonchev–Trinajstić information content (AvgIpc) is 3.38. The average molecular weight is 468 g/mol. The zero-order valence-electron chi connectivity index (χ0n) is 16.0. The summed E-state index contributed by atoms with van der Waals surface area (Å²) in [6, 6.07) is 7.30. The normalized spacial score (nSPS) is 11.7. The number of carbonyl (C=O) groups is 1. The Balaban J connectivity index is 1.77. The van der Waals surface area contributed by atoms with E-state index in [1.807, 2.05) is 0 Å². The number of nitrogens with one attached hydrogen (secondary N) is 1. The summed E-state index contributed by atoms with van der Waals surface area (Å²) < 4.78 is 46.6. The molecule has 12 heteroatoms. The number of fused-ring (bicyclic) bond motifs is 1. The van der Waals surface area contributed by atoms with Crippen molar-refractivity contribution < 1.29 is 22.7 Å². The van der Waals surface area contributed by atoms with Crippen molar-refractivity contribution in [3.05, 3.63) is 57.8 Å². The number of alkyl halides is 3. The summed E-state index contributed by atoms with van der Waals surface area (Å²) in [6.07, 6.45) is -4.73. The SMILES string of the molecule is COc1cc(Cl)c(C)cc1NC(=O)c1nc2nc(-c3cccs3)cc(C(F)(F)F)n2n1. The summed E-state index contributed by atoms with van der Waals surface area (Å²) in [5, 5.41) is 8.43. The van der Waals surface area contributed by atoms with Crippen LogP contribution in [0.3, 0.4) is 0 Å². The zero-order valence-corrected chi connectivity index (χ0v) is 17.6. The smallest absolute Gasteiger partial charge is 0.433 e. The van der Waals surface area contributed by atoms with Crippen molar-refractivity contribution in [2.75, 3.05) is 12.4 Å². The predicted molar refractivity (Wildman–Crippen MR) is 110 cm³/mol. The molecule has 0 radical (unpaired) electrons. The molecule has 160 valence electrons. The Hall–Kier alpha value is -3.18. The highest BCUT2D eigenvalue weighted by Gasteiger charge is 2.36. The van der Waals surface area contributed by atoms with E-state index in [2.05, 4.69) is 20.4 Å². The molecule has 4 rings (SSSR count). The van der Waals surface area contributed by atoms with Crippen molar-refractivity contribution in [1.82, 2.24) is 19.6 Å². The quantitative estimate of drug-likeness (QED) is 0.452. The Morgan fingerprint density at radius 3 is 2.68 bits per heavy atom. The zero-order chi connectivity index (χ0) is 22.3. The van der Waals surface area contributed by atoms with E-state index in [0.29, 0.717) is 20.0 Å². The maximum absolute atomic E-state index is 13.6. The van der Waals surface area contributed by atoms with Crippen molar-refractivity contribution in [3.63, 3.8) is 0 Å². The molecule has 0 fully saturated rings. The van der Waals surface area contributed by atoms with E-state index < -0.39 is 23.6 Å². The second-order valence-electron chi connectivity index (χ2n) is 6.40. The van der Waals surface area contributed by atoms with Crippen LogP contribution in [0, 0.1) is 6.92 Å². The van der Waals surface area contributed by atoms with Crippen LogP contribution in [0.15, 0.2) is 35.7 Å². The largest absolute Gasteiger partial charge is 0.495 e. The van der Waals surface area contributed by atoms with Gasteiger partial charge in [-0.15, -0.1) is 16.4 Å². The summed E-state index contributed by atoms with van der Waals surface area (Å²) in [5.74, 6) is -1.36. The number of carbonyl (C=O) groups excluding carboxylic acids is 1. The molecule has 0 aliphatic rings. The van der Waals surface area contributed by atoms with Gasteiger partial charge in [-0.25, -0.2) is 4.98 Å². The molecule has 0 bridgehead atoms. The molecule has 0 saturated carbocycles. The Kier molecular flexibility index (Phi) is 5.31. The Labute approximate surface area is 182 Å². The first-order valence-corrected chi connectivity index (χ1v) is 9.97. The fraction of sp³-hybridized carbons (Fsp3) is 0.158. The monoisotopic (exact) mass is 467 g/mol. The number of anilines is 1. The number of methoxy groups -OCH3 is 1. The molecule has 3 heterocycles. The van der Waals surface area contributed by atoms with Crippen LogP contribution in [0.5, 0.6) is 5.75 Å². The standard InChI is InChI=1S/C19H13ClF3N5O2S/c1-9-6-11(13(30-2)7-10(9)20)24-17(29)16-26-18-25-12(14-4-3-5-31-14)8-15(19(21,22)23)28(18)27-16/h3-8H,1-2H3,(H,24,29). The molecule has 1 aromatic carbocycles.